The fraction of sp³-hybridized carbons (Fsp3) is 0.412. The summed E-state index contributed by atoms with van der Waals surface area (Å²) in [5.41, 5.74) is 4.04. The summed E-state index contributed by atoms with van der Waals surface area (Å²) >= 11 is 1.79. The number of anilines is 1. The van der Waals surface area contributed by atoms with Gasteiger partial charge in [-0.05, 0) is 53.8 Å². The molecule has 1 saturated carbocycles. The average Bonchev–Trinajstić information content (AvgIpc) is 3.18. The number of thiophene rings is 1. The van der Waals surface area contributed by atoms with Crippen LogP contribution in [0.3, 0.4) is 0 Å². The minimum absolute atomic E-state index is 0.813. The van der Waals surface area contributed by atoms with Crippen molar-refractivity contribution in [2.75, 3.05) is 18.4 Å². The van der Waals surface area contributed by atoms with E-state index in [1.165, 1.54) is 29.7 Å². The molecule has 106 valence electrons. The van der Waals surface area contributed by atoms with E-state index in [4.69, 9.17) is 0 Å². The van der Waals surface area contributed by atoms with Gasteiger partial charge in [-0.1, -0.05) is 18.2 Å². The second-order valence-electron chi connectivity index (χ2n) is 5.57. The SMILES string of the molecule is Cc1ccccc1NCCN(Cc1ccsc1)C1CC1. The fourth-order valence-electron chi connectivity index (χ4n) is 2.55. The van der Waals surface area contributed by atoms with Crippen LogP contribution < -0.4 is 5.32 Å². The normalized spacial score (nSPS) is 14.7. The predicted octanol–water partition coefficient (Wildman–Crippen LogP) is 4.13. The van der Waals surface area contributed by atoms with E-state index in [0.717, 1.165) is 25.7 Å². The number of para-hydroxylation sites is 1. The molecule has 1 N–H and O–H groups in total. The van der Waals surface area contributed by atoms with Crippen LogP contribution in [0.25, 0.3) is 0 Å². The van der Waals surface area contributed by atoms with Crippen LogP contribution in [0.15, 0.2) is 41.1 Å². The van der Waals surface area contributed by atoms with E-state index in [0.29, 0.717) is 0 Å². The van der Waals surface area contributed by atoms with Gasteiger partial charge in [0.1, 0.15) is 0 Å². The molecule has 0 unspecified atom stereocenters. The third kappa shape index (κ3) is 3.62. The lowest BCUT2D eigenvalue weighted by molar-refractivity contribution is 0.265. The first-order valence-corrected chi connectivity index (χ1v) is 8.32. The van der Waals surface area contributed by atoms with E-state index in [1.54, 1.807) is 11.3 Å². The number of nitrogens with zero attached hydrogens (tertiary/aromatic N) is 1. The molecule has 0 atom stereocenters. The van der Waals surface area contributed by atoms with Crippen molar-refractivity contribution < 1.29 is 0 Å². The lowest BCUT2D eigenvalue weighted by Gasteiger charge is -2.22. The van der Waals surface area contributed by atoms with E-state index in [1.807, 2.05) is 0 Å². The Kier molecular flexibility index (Phi) is 4.38. The van der Waals surface area contributed by atoms with Gasteiger partial charge in [-0.2, -0.15) is 11.3 Å². The van der Waals surface area contributed by atoms with Gasteiger partial charge in [-0.3, -0.25) is 4.90 Å². The Balaban J connectivity index is 1.51. The molecule has 1 heterocycles. The topological polar surface area (TPSA) is 15.3 Å². The van der Waals surface area contributed by atoms with Crippen LogP contribution in [-0.4, -0.2) is 24.0 Å². The van der Waals surface area contributed by atoms with E-state index < -0.39 is 0 Å². The van der Waals surface area contributed by atoms with Crippen LogP contribution >= 0.6 is 11.3 Å². The third-order valence-corrected chi connectivity index (χ3v) is 4.62. The highest BCUT2D eigenvalue weighted by Crippen LogP contribution is 2.28. The first-order chi connectivity index (χ1) is 9.83. The summed E-state index contributed by atoms with van der Waals surface area (Å²) in [5.74, 6) is 0. The van der Waals surface area contributed by atoms with Gasteiger partial charge in [0.2, 0.25) is 0 Å². The molecule has 2 aromatic rings. The molecule has 20 heavy (non-hydrogen) atoms. The summed E-state index contributed by atoms with van der Waals surface area (Å²) in [4.78, 5) is 2.62. The molecule has 0 bridgehead atoms. The van der Waals surface area contributed by atoms with Crippen LogP contribution in [0.5, 0.6) is 0 Å². The summed E-state index contributed by atoms with van der Waals surface area (Å²) in [6.07, 6.45) is 2.74. The van der Waals surface area contributed by atoms with E-state index >= 15 is 0 Å². The minimum Gasteiger partial charge on any atom is -0.384 e. The summed E-state index contributed by atoms with van der Waals surface area (Å²) in [5, 5.41) is 8.01. The molecule has 0 amide bonds. The zero-order valence-corrected chi connectivity index (χ0v) is 12.8. The first-order valence-electron chi connectivity index (χ1n) is 7.37. The number of aryl methyl sites for hydroxylation is 1. The highest BCUT2D eigenvalue weighted by molar-refractivity contribution is 7.07. The molecule has 1 aliphatic carbocycles. The number of rotatable bonds is 7. The molecule has 1 aromatic carbocycles. The Hall–Kier alpha value is -1.32. The number of nitrogens with one attached hydrogen (secondary N) is 1. The minimum atomic E-state index is 0.813. The molecule has 2 nitrogen and oxygen atoms in total. The number of benzene rings is 1. The van der Waals surface area contributed by atoms with Crippen LogP contribution in [0.1, 0.15) is 24.0 Å². The van der Waals surface area contributed by atoms with Gasteiger partial charge in [-0.15, -0.1) is 0 Å². The zero-order valence-electron chi connectivity index (χ0n) is 12.0. The summed E-state index contributed by atoms with van der Waals surface area (Å²) in [6.45, 7) is 5.40. The van der Waals surface area contributed by atoms with Crippen molar-refractivity contribution in [3.8, 4) is 0 Å². The van der Waals surface area contributed by atoms with Crippen LogP contribution in [0, 0.1) is 6.92 Å². The zero-order chi connectivity index (χ0) is 13.8. The van der Waals surface area contributed by atoms with Crippen LogP contribution in [-0.2, 0) is 6.54 Å². The molecular weight excluding hydrogens is 264 g/mol. The molecule has 0 radical (unpaired) electrons. The van der Waals surface area contributed by atoms with Gasteiger partial charge in [0.05, 0.1) is 0 Å². The van der Waals surface area contributed by atoms with Crippen LogP contribution in [0.2, 0.25) is 0 Å². The van der Waals surface area contributed by atoms with Gasteiger partial charge < -0.3 is 5.32 Å². The van der Waals surface area contributed by atoms with Crippen molar-refractivity contribution in [2.24, 2.45) is 0 Å². The van der Waals surface area contributed by atoms with Crippen LogP contribution in [0.4, 0.5) is 5.69 Å². The predicted molar refractivity (Wildman–Crippen MR) is 87.4 cm³/mol. The molecule has 1 aromatic heterocycles. The molecular formula is C17H22N2S. The van der Waals surface area contributed by atoms with Crippen molar-refractivity contribution in [1.29, 1.82) is 0 Å². The first kappa shape index (κ1) is 13.7. The standard InChI is InChI=1S/C17H22N2S/c1-14-4-2-3-5-17(14)18-9-10-19(16-6-7-16)12-15-8-11-20-13-15/h2-5,8,11,13,16,18H,6-7,9-10,12H2,1H3. The molecule has 1 fully saturated rings. The largest absolute Gasteiger partial charge is 0.384 e. The summed E-state index contributed by atoms with van der Waals surface area (Å²) < 4.78 is 0. The van der Waals surface area contributed by atoms with E-state index in [9.17, 15) is 0 Å². The van der Waals surface area contributed by atoms with Gasteiger partial charge in [0, 0.05) is 31.4 Å². The Bertz CT molecular complexity index is 532. The maximum Gasteiger partial charge on any atom is 0.0370 e. The third-order valence-electron chi connectivity index (χ3n) is 3.89. The monoisotopic (exact) mass is 286 g/mol. The Morgan fingerprint density at radius 1 is 1.25 bits per heavy atom. The second-order valence-corrected chi connectivity index (χ2v) is 6.35. The molecule has 0 aliphatic heterocycles. The highest BCUT2D eigenvalue weighted by atomic mass is 32.1. The summed E-state index contributed by atoms with van der Waals surface area (Å²) in [7, 11) is 0. The van der Waals surface area contributed by atoms with Crippen molar-refractivity contribution in [3.63, 3.8) is 0 Å². The Morgan fingerprint density at radius 2 is 2.10 bits per heavy atom. The second kappa shape index (κ2) is 6.42. The molecule has 0 spiro atoms. The quantitative estimate of drug-likeness (QED) is 0.823. The summed E-state index contributed by atoms with van der Waals surface area (Å²) in [6, 6.07) is 11.6. The van der Waals surface area contributed by atoms with Crippen molar-refractivity contribution in [3.05, 3.63) is 52.2 Å². The molecule has 0 saturated heterocycles. The van der Waals surface area contributed by atoms with Gasteiger partial charge >= 0.3 is 0 Å². The lowest BCUT2D eigenvalue weighted by Crippen LogP contribution is -2.30. The smallest absolute Gasteiger partial charge is 0.0370 e. The molecule has 1 aliphatic rings. The van der Waals surface area contributed by atoms with Gasteiger partial charge in [-0.25, -0.2) is 0 Å². The van der Waals surface area contributed by atoms with Crippen molar-refractivity contribution >= 4 is 17.0 Å². The van der Waals surface area contributed by atoms with Gasteiger partial charge in [0.15, 0.2) is 0 Å². The van der Waals surface area contributed by atoms with E-state index in [2.05, 4.69) is 58.2 Å². The Labute approximate surface area is 125 Å². The maximum atomic E-state index is 3.57. The highest BCUT2D eigenvalue weighted by Gasteiger charge is 2.28. The maximum absolute atomic E-state index is 3.57. The van der Waals surface area contributed by atoms with Crippen molar-refractivity contribution in [2.45, 2.75) is 32.4 Å². The fourth-order valence-corrected chi connectivity index (χ4v) is 3.21. The van der Waals surface area contributed by atoms with Gasteiger partial charge in [0.25, 0.3) is 0 Å². The molecule has 3 rings (SSSR count). The lowest BCUT2D eigenvalue weighted by atomic mass is 10.2. The number of hydrogen-bond acceptors (Lipinski definition) is 3. The average molecular weight is 286 g/mol. The van der Waals surface area contributed by atoms with E-state index in [-0.39, 0.29) is 0 Å². The number of hydrogen-bond donors (Lipinski definition) is 1. The molecule has 3 heteroatoms. The van der Waals surface area contributed by atoms with Crippen molar-refractivity contribution in [1.82, 2.24) is 4.90 Å². The Morgan fingerprint density at radius 3 is 2.80 bits per heavy atom.